The monoisotopic (exact) mass is 522 g/mol. The van der Waals surface area contributed by atoms with Gasteiger partial charge in [-0.25, -0.2) is 14.8 Å². The number of aryl methyl sites for hydroxylation is 2. The van der Waals surface area contributed by atoms with E-state index in [4.69, 9.17) is 14.6 Å². The summed E-state index contributed by atoms with van der Waals surface area (Å²) in [6.45, 7) is 9.14. The highest BCUT2D eigenvalue weighted by molar-refractivity contribution is 5.75. The molecule has 1 saturated heterocycles. The van der Waals surface area contributed by atoms with E-state index in [1.807, 2.05) is 24.5 Å². The molecule has 15 heteroatoms. The molecule has 0 spiro atoms. The lowest BCUT2D eigenvalue weighted by Gasteiger charge is -2.28. The predicted molar refractivity (Wildman–Crippen MR) is 127 cm³/mol. The molecule has 2 N–H and O–H groups in total. The van der Waals surface area contributed by atoms with Crippen LogP contribution in [0.3, 0.4) is 0 Å². The second kappa shape index (κ2) is 11.2. The van der Waals surface area contributed by atoms with Gasteiger partial charge in [-0.3, -0.25) is 13.9 Å². The van der Waals surface area contributed by atoms with Crippen LogP contribution in [0, 0.1) is 25.7 Å². The SMILES string of the molecule is CC#CCn1c(N2CCNCC2)nc2nc(Oc3nc(C)cc(C)n3)n(C)c(=O)c21.O=C(O)C(F)(F)F. The van der Waals surface area contributed by atoms with E-state index in [1.54, 1.807) is 14.0 Å². The quantitative estimate of drug-likeness (QED) is 0.483. The van der Waals surface area contributed by atoms with Gasteiger partial charge < -0.3 is 20.1 Å². The van der Waals surface area contributed by atoms with Crippen molar-refractivity contribution in [3.05, 3.63) is 27.8 Å². The molecule has 0 unspecified atom stereocenters. The number of anilines is 1. The fraction of sp³-hybridized carbons (Fsp3) is 0.455. The Morgan fingerprint density at radius 1 is 1.16 bits per heavy atom. The molecule has 12 nitrogen and oxygen atoms in total. The van der Waals surface area contributed by atoms with Crippen molar-refractivity contribution in [2.45, 2.75) is 33.5 Å². The molecule has 0 bridgehead atoms. The van der Waals surface area contributed by atoms with Gasteiger partial charge in [-0.15, -0.1) is 5.92 Å². The molecule has 0 radical (unpaired) electrons. The summed E-state index contributed by atoms with van der Waals surface area (Å²) in [5, 5.41) is 10.4. The Hall–Kier alpha value is -4.19. The molecule has 1 aliphatic heterocycles. The molecule has 0 amide bonds. The van der Waals surface area contributed by atoms with Crippen molar-refractivity contribution in [2.75, 3.05) is 31.1 Å². The third-order valence-corrected chi connectivity index (χ3v) is 5.13. The summed E-state index contributed by atoms with van der Waals surface area (Å²) in [6, 6.07) is 2.09. The zero-order chi connectivity index (χ0) is 27.3. The van der Waals surface area contributed by atoms with Crippen molar-refractivity contribution in [1.82, 2.24) is 34.4 Å². The van der Waals surface area contributed by atoms with E-state index < -0.39 is 12.1 Å². The first kappa shape index (κ1) is 27.4. The van der Waals surface area contributed by atoms with Gasteiger partial charge >= 0.3 is 24.2 Å². The molecule has 0 saturated carbocycles. The van der Waals surface area contributed by atoms with Crippen LogP contribution in [-0.2, 0) is 18.4 Å². The number of aliphatic carboxylic acids is 1. The number of fused-ring (bicyclic) bond motifs is 1. The average Bonchev–Trinajstić information content (AvgIpc) is 3.19. The molecular formula is C22H25F3N8O4. The molecule has 0 aliphatic carbocycles. The maximum atomic E-state index is 13.2. The van der Waals surface area contributed by atoms with E-state index in [-0.39, 0.29) is 17.6 Å². The van der Waals surface area contributed by atoms with E-state index in [0.29, 0.717) is 23.7 Å². The number of imidazole rings is 1. The Morgan fingerprint density at radius 2 is 1.76 bits per heavy atom. The number of nitrogens with zero attached hydrogens (tertiary/aromatic N) is 7. The normalized spacial score (nSPS) is 13.4. The summed E-state index contributed by atoms with van der Waals surface area (Å²) in [4.78, 5) is 42.0. The number of carbonyl (C=O) groups is 1. The fourth-order valence-electron chi connectivity index (χ4n) is 3.46. The Kier molecular flexibility index (Phi) is 8.33. The maximum Gasteiger partial charge on any atom is 0.490 e. The highest BCUT2D eigenvalue weighted by atomic mass is 19.4. The summed E-state index contributed by atoms with van der Waals surface area (Å²) in [5.41, 5.74) is 2.01. The zero-order valence-corrected chi connectivity index (χ0v) is 20.5. The van der Waals surface area contributed by atoms with Gasteiger partial charge in [-0.05, 0) is 26.8 Å². The number of hydrogen-bond donors (Lipinski definition) is 2. The lowest BCUT2D eigenvalue weighted by molar-refractivity contribution is -0.192. The largest absolute Gasteiger partial charge is 0.490 e. The number of ether oxygens (including phenoxy) is 1. The van der Waals surface area contributed by atoms with Gasteiger partial charge in [-0.2, -0.15) is 23.1 Å². The Labute approximate surface area is 209 Å². The first-order valence-electron chi connectivity index (χ1n) is 11.0. The van der Waals surface area contributed by atoms with Crippen molar-refractivity contribution in [2.24, 2.45) is 7.05 Å². The second-order valence-electron chi connectivity index (χ2n) is 7.93. The van der Waals surface area contributed by atoms with E-state index in [0.717, 1.165) is 37.6 Å². The van der Waals surface area contributed by atoms with Crippen LogP contribution in [0.1, 0.15) is 18.3 Å². The number of aromatic nitrogens is 6. The Balaban J connectivity index is 0.000000479. The van der Waals surface area contributed by atoms with Crippen LogP contribution in [-0.4, -0.2) is 72.5 Å². The van der Waals surface area contributed by atoms with E-state index in [2.05, 4.69) is 42.0 Å². The summed E-state index contributed by atoms with van der Waals surface area (Å²) >= 11 is 0. The summed E-state index contributed by atoms with van der Waals surface area (Å²) in [5.74, 6) is 3.87. The highest BCUT2D eigenvalue weighted by Gasteiger charge is 2.38. The van der Waals surface area contributed by atoms with E-state index in [9.17, 15) is 18.0 Å². The highest BCUT2D eigenvalue weighted by Crippen LogP contribution is 2.23. The van der Waals surface area contributed by atoms with Crippen molar-refractivity contribution in [1.29, 1.82) is 0 Å². The molecule has 0 atom stereocenters. The van der Waals surface area contributed by atoms with Gasteiger partial charge in [0.2, 0.25) is 5.95 Å². The lowest BCUT2D eigenvalue weighted by atomic mass is 10.4. The van der Waals surface area contributed by atoms with Crippen LogP contribution in [0.2, 0.25) is 0 Å². The Morgan fingerprint density at radius 3 is 2.30 bits per heavy atom. The third kappa shape index (κ3) is 6.53. The maximum absolute atomic E-state index is 13.2. The molecule has 0 aromatic carbocycles. The minimum absolute atomic E-state index is 0.0931. The minimum atomic E-state index is -5.08. The first-order valence-corrected chi connectivity index (χ1v) is 11.0. The van der Waals surface area contributed by atoms with Crippen LogP contribution in [0.15, 0.2) is 10.9 Å². The standard InChI is InChI=1S/C20H24N8O2.C2HF3O2/c1-5-6-9-28-15-16(24-19(28)27-10-7-21-8-11-27)25-20(26(4)17(15)29)30-18-22-13(2)12-14(3)23-18;3-2(4,5)1(6)7/h12,21H,7-11H2,1-4H3;(H,6,7). The number of carboxylic acids is 1. The third-order valence-electron chi connectivity index (χ3n) is 5.13. The number of alkyl halides is 3. The van der Waals surface area contributed by atoms with Crippen LogP contribution in [0.4, 0.5) is 19.1 Å². The molecule has 1 fully saturated rings. The average molecular weight is 522 g/mol. The fourth-order valence-corrected chi connectivity index (χ4v) is 3.46. The van der Waals surface area contributed by atoms with E-state index >= 15 is 0 Å². The first-order chi connectivity index (χ1) is 17.4. The van der Waals surface area contributed by atoms with Crippen LogP contribution in [0.5, 0.6) is 12.0 Å². The number of hydrogen-bond acceptors (Lipinski definition) is 9. The van der Waals surface area contributed by atoms with E-state index in [1.165, 1.54) is 4.57 Å². The molecule has 3 aromatic rings. The van der Waals surface area contributed by atoms with Crippen molar-refractivity contribution in [3.8, 4) is 23.9 Å². The van der Waals surface area contributed by atoms with Gasteiger partial charge in [-0.1, -0.05) is 5.92 Å². The molecule has 1 aliphatic rings. The molecule has 4 heterocycles. The number of halogens is 3. The van der Waals surface area contributed by atoms with Crippen LogP contribution in [0.25, 0.3) is 11.2 Å². The number of rotatable bonds is 4. The Bertz CT molecular complexity index is 1400. The van der Waals surface area contributed by atoms with Crippen molar-refractivity contribution >= 4 is 23.1 Å². The van der Waals surface area contributed by atoms with Gasteiger partial charge in [0.1, 0.15) is 0 Å². The molecule has 4 rings (SSSR count). The molecule has 37 heavy (non-hydrogen) atoms. The van der Waals surface area contributed by atoms with Gasteiger partial charge in [0.05, 0.1) is 6.54 Å². The minimum Gasteiger partial charge on any atom is -0.475 e. The number of piperazine rings is 1. The van der Waals surface area contributed by atoms with Crippen LogP contribution >= 0.6 is 0 Å². The predicted octanol–water partition coefficient (Wildman–Crippen LogP) is 1.40. The second-order valence-corrected chi connectivity index (χ2v) is 7.93. The van der Waals surface area contributed by atoms with Gasteiger partial charge in [0.25, 0.3) is 5.56 Å². The van der Waals surface area contributed by atoms with Crippen molar-refractivity contribution < 1.29 is 27.8 Å². The number of carboxylic acid groups (broad SMARTS) is 1. The number of nitrogens with one attached hydrogen (secondary N) is 1. The smallest absolute Gasteiger partial charge is 0.475 e. The van der Waals surface area contributed by atoms with Gasteiger partial charge in [0.15, 0.2) is 11.2 Å². The topological polar surface area (TPSA) is 140 Å². The molecule has 3 aromatic heterocycles. The zero-order valence-electron chi connectivity index (χ0n) is 20.5. The molecule has 198 valence electrons. The summed E-state index contributed by atoms with van der Waals surface area (Å²) in [6.07, 6.45) is -5.08. The summed E-state index contributed by atoms with van der Waals surface area (Å²) < 4.78 is 40.7. The summed E-state index contributed by atoms with van der Waals surface area (Å²) in [7, 11) is 1.61. The van der Waals surface area contributed by atoms with Crippen molar-refractivity contribution in [3.63, 3.8) is 0 Å². The van der Waals surface area contributed by atoms with Crippen LogP contribution < -0.4 is 20.5 Å². The lowest BCUT2D eigenvalue weighted by Crippen LogP contribution is -2.44. The molecular weight excluding hydrogens is 497 g/mol. The van der Waals surface area contributed by atoms with Gasteiger partial charge in [0, 0.05) is 44.6 Å².